The molecule has 0 aliphatic carbocycles. The molecule has 1 saturated heterocycles. The van der Waals surface area contributed by atoms with E-state index in [0.29, 0.717) is 11.3 Å². The van der Waals surface area contributed by atoms with Crippen molar-refractivity contribution >= 4 is 40.2 Å². The number of carboxylic acid groups (broad SMARTS) is 1. The number of nitrogens with one attached hydrogen (secondary N) is 1. The van der Waals surface area contributed by atoms with Crippen LogP contribution in [-0.2, 0) is 41.3 Å². The molecule has 212 valence electrons. The Hall–Kier alpha value is -4.79. The van der Waals surface area contributed by atoms with Gasteiger partial charge in [0.05, 0.1) is 21.5 Å². The zero-order valence-corrected chi connectivity index (χ0v) is 21.9. The highest BCUT2D eigenvalue weighted by Gasteiger charge is 2.57. The third kappa shape index (κ3) is 7.19. The third-order valence-electron chi connectivity index (χ3n) is 5.55. The SMILES string of the molecule is CCC(=O)O.O=C(COc1ccccc1)NC1C(=O)N2C(C(=O)OCc3ccc([N+](=O)[O-])cc3)=C(O)CS(=O)[C@@H]12. The number of ether oxygens (including phenoxy) is 2. The topological polar surface area (TPSA) is 203 Å². The Labute approximate surface area is 229 Å². The number of carbonyl (C=O) groups is 4. The monoisotopic (exact) mass is 575 g/mol. The summed E-state index contributed by atoms with van der Waals surface area (Å²) in [4.78, 5) is 58.0. The van der Waals surface area contributed by atoms with Crippen LogP contribution >= 0.6 is 0 Å². The molecule has 2 aromatic carbocycles. The number of esters is 1. The lowest BCUT2D eigenvalue weighted by molar-refractivity contribution is -0.384. The molecule has 0 spiro atoms. The van der Waals surface area contributed by atoms with Gasteiger partial charge in [-0.05, 0) is 29.8 Å². The van der Waals surface area contributed by atoms with Crippen molar-refractivity contribution in [3.05, 3.63) is 81.7 Å². The number of hydrogen-bond donors (Lipinski definition) is 3. The summed E-state index contributed by atoms with van der Waals surface area (Å²) in [6, 6.07) is 12.7. The highest BCUT2D eigenvalue weighted by atomic mass is 32.2. The number of carboxylic acids is 1. The molecule has 2 amide bonds. The number of benzene rings is 2. The number of fused-ring (bicyclic) bond motifs is 1. The van der Waals surface area contributed by atoms with E-state index in [1.807, 2.05) is 0 Å². The molecule has 0 saturated carbocycles. The predicted molar refractivity (Wildman–Crippen MR) is 138 cm³/mol. The summed E-state index contributed by atoms with van der Waals surface area (Å²) in [5.74, 6) is -3.65. The van der Waals surface area contributed by atoms with Crippen molar-refractivity contribution < 1.29 is 48.0 Å². The Bertz CT molecular complexity index is 1350. The quantitative estimate of drug-likeness (QED) is 0.169. The molecule has 3 N–H and O–H groups in total. The largest absolute Gasteiger partial charge is 0.509 e. The number of amides is 2. The molecule has 2 heterocycles. The number of aliphatic hydroxyl groups excluding tert-OH is 1. The molecule has 2 aromatic rings. The first-order valence-corrected chi connectivity index (χ1v) is 13.1. The Morgan fingerprint density at radius 3 is 2.35 bits per heavy atom. The van der Waals surface area contributed by atoms with E-state index in [1.165, 1.54) is 24.3 Å². The predicted octanol–water partition coefficient (Wildman–Crippen LogP) is 1.38. The van der Waals surface area contributed by atoms with Crippen molar-refractivity contribution in [2.24, 2.45) is 0 Å². The summed E-state index contributed by atoms with van der Waals surface area (Å²) in [7, 11) is -1.78. The molecule has 14 nitrogen and oxygen atoms in total. The molecule has 3 atom stereocenters. The summed E-state index contributed by atoms with van der Waals surface area (Å²) >= 11 is 0. The molecular formula is C25H25N3O11S. The third-order valence-corrected chi connectivity index (χ3v) is 7.13. The molecule has 2 unspecified atom stereocenters. The molecule has 0 radical (unpaired) electrons. The lowest BCUT2D eigenvalue weighted by Crippen LogP contribution is -2.73. The number of non-ortho nitro benzene ring substituents is 1. The van der Waals surface area contributed by atoms with Crippen molar-refractivity contribution in [3.63, 3.8) is 0 Å². The normalized spacial score (nSPS) is 19.3. The highest BCUT2D eigenvalue weighted by Crippen LogP contribution is 2.34. The van der Waals surface area contributed by atoms with Crippen LogP contribution in [0.1, 0.15) is 18.9 Å². The van der Waals surface area contributed by atoms with Gasteiger partial charge in [-0.25, -0.2) is 4.79 Å². The lowest BCUT2D eigenvalue weighted by Gasteiger charge is -2.48. The van der Waals surface area contributed by atoms with Crippen molar-refractivity contribution in [1.29, 1.82) is 0 Å². The van der Waals surface area contributed by atoms with Gasteiger partial charge in [0, 0.05) is 18.6 Å². The summed E-state index contributed by atoms with van der Waals surface area (Å²) in [6.45, 7) is 0.946. The maximum atomic E-state index is 12.7. The second-order valence-corrected chi connectivity index (χ2v) is 9.85. The van der Waals surface area contributed by atoms with Crippen molar-refractivity contribution in [1.82, 2.24) is 10.2 Å². The minimum atomic E-state index is -1.78. The number of aliphatic carboxylic acids is 1. The van der Waals surface area contributed by atoms with E-state index in [-0.39, 0.29) is 25.3 Å². The van der Waals surface area contributed by atoms with Crippen LogP contribution in [-0.4, -0.2) is 71.8 Å². The van der Waals surface area contributed by atoms with Gasteiger partial charge in [-0.2, -0.15) is 0 Å². The van der Waals surface area contributed by atoms with Gasteiger partial charge >= 0.3 is 11.9 Å². The van der Waals surface area contributed by atoms with Crippen LogP contribution < -0.4 is 10.1 Å². The van der Waals surface area contributed by atoms with E-state index in [2.05, 4.69) is 5.32 Å². The second-order valence-electron chi connectivity index (χ2n) is 8.31. The lowest BCUT2D eigenvalue weighted by atomic mass is 10.0. The Kier molecular flexibility index (Phi) is 9.92. The fraction of sp³-hybridized carbons (Fsp3) is 0.280. The maximum absolute atomic E-state index is 12.7. The van der Waals surface area contributed by atoms with Gasteiger partial charge in [-0.15, -0.1) is 0 Å². The van der Waals surface area contributed by atoms with Gasteiger partial charge in [0.1, 0.15) is 29.5 Å². The Balaban J connectivity index is 0.000000810. The highest BCUT2D eigenvalue weighted by molar-refractivity contribution is 7.86. The summed E-state index contributed by atoms with van der Waals surface area (Å²) in [5, 5.41) is 30.1. The van der Waals surface area contributed by atoms with Crippen LogP contribution in [0.2, 0.25) is 0 Å². The van der Waals surface area contributed by atoms with Crippen molar-refractivity contribution in [2.45, 2.75) is 31.4 Å². The molecule has 15 heteroatoms. The number of nitro groups is 1. The number of β-lactam (4-membered cyclic amide) rings is 1. The number of aliphatic hydroxyl groups is 1. The fourth-order valence-electron chi connectivity index (χ4n) is 3.56. The van der Waals surface area contributed by atoms with E-state index >= 15 is 0 Å². The number of hydrogen-bond acceptors (Lipinski definition) is 10. The molecule has 2 aliphatic rings. The first kappa shape index (κ1) is 29.8. The molecule has 1 fully saturated rings. The van der Waals surface area contributed by atoms with Crippen LogP contribution in [0, 0.1) is 10.1 Å². The second kappa shape index (κ2) is 13.3. The molecule has 4 rings (SSSR count). The molecular weight excluding hydrogens is 550 g/mol. The number of nitro benzene ring substituents is 1. The summed E-state index contributed by atoms with van der Waals surface area (Å²) in [5.41, 5.74) is -0.141. The van der Waals surface area contributed by atoms with E-state index in [0.717, 1.165) is 4.90 Å². The zero-order chi connectivity index (χ0) is 29.4. The maximum Gasteiger partial charge on any atom is 0.358 e. The van der Waals surface area contributed by atoms with Gasteiger partial charge in [0.15, 0.2) is 12.3 Å². The smallest absolute Gasteiger partial charge is 0.358 e. The average Bonchev–Trinajstić information content (AvgIpc) is 2.94. The van der Waals surface area contributed by atoms with Gasteiger partial charge < -0.3 is 25.0 Å². The van der Waals surface area contributed by atoms with Crippen LogP contribution in [0.3, 0.4) is 0 Å². The van der Waals surface area contributed by atoms with Crippen LogP contribution in [0.4, 0.5) is 5.69 Å². The van der Waals surface area contributed by atoms with Crippen LogP contribution in [0.25, 0.3) is 0 Å². The molecule has 0 aromatic heterocycles. The first-order valence-electron chi connectivity index (χ1n) is 11.7. The van der Waals surface area contributed by atoms with Crippen LogP contribution in [0.15, 0.2) is 66.1 Å². The minimum Gasteiger partial charge on any atom is -0.509 e. The number of carbonyl (C=O) groups excluding carboxylic acids is 3. The van der Waals surface area contributed by atoms with Crippen molar-refractivity contribution in [2.75, 3.05) is 12.4 Å². The molecule has 2 aliphatic heterocycles. The summed E-state index contributed by atoms with van der Waals surface area (Å²) < 4.78 is 23.0. The number of para-hydroxylation sites is 1. The minimum absolute atomic E-state index is 0.133. The standard InChI is InChI=1S/C22H19N3O9S.C3H6O2/c26-16-12-35(32)21-18(23-17(27)11-33-15-4-2-1-3-5-15)20(28)24(21)19(16)22(29)34-10-13-6-8-14(9-7-13)25(30)31;1-2-3(4)5/h1-9,18,21,26H,10-12H2,(H,23,27);2H2,1H3,(H,4,5)/t18?,21-,35?;/m0./s1. The number of rotatable bonds is 9. The Morgan fingerprint density at radius 2 is 1.77 bits per heavy atom. The van der Waals surface area contributed by atoms with Crippen LogP contribution in [0.5, 0.6) is 5.75 Å². The molecule has 40 heavy (non-hydrogen) atoms. The van der Waals surface area contributed by atoms with E-state index in [1.54, 1.807) is 37.3 Å². The number of nitrogens with zero attached hydrogens (tertiary/aromatic N) is 2. The zero-order valence-electron chi connectivity index (χ0n) is 21.1. The van der Waals surface area contributed by atoms with E-state index < -0.39 is 68.1 Å². The average molecular weight is 576 g/mol. The van der Waals surface area contributed by atoms with Gasteiger partial charge in [0.25, 0.3) is 17.5 Å². The fourth-order valence-corrected chi connectivity index (χ4v) is 5.07. The Morgan fingerprint density at radius 1 is 1.15 bits per heavy atom. The first-order chi connectivity index (χ1) is 19.0. The van der Waals surface area contributed by atoms with E-state index in [4.69, 9.17) is 14.6 Å². The van der Waals surface area contributed by atoms with Gasteiger partial charge in [-0.1, -0.05) is 25.1 Å². The summed E-state index contributed by atoms with van der Waals surface area (Å²) in [6.07, 6.45) is 0.222. The van der Waals surface area contributed by atoms with E-state index in [9.17, 15) is 38.6 Å². The van der Waals surface area contributed by atoms with Crippen molar-refractivity contribution in [3.8, 4) is 5.75 Å². The van der Waals surface area contributed by atoms with Gasteiger partial charge in [-0.3, -0.25) is 33.6 Å². The molecule has 0 bridgehead atoms. The van der Waals surface area contributed by atoms with Gasteiger partial charge in [0.2, 0.25) is 0 Å².